The van der Waals surface area contributed by atoms with Crippen molar-refractivity contribution >= 4 is 17.4 Å². The Hall–Kier alpha value is -3.94. The van der Waals surface area contributed by atoms with Gasteiger partial charge < -0.3 is 19.2 Å². The lowest BCUT2D eigenvalue weighted by Gasteiger charge is -2.15. The summed E-state index contributed by atoms with van der Waals surface area (Å²) in [6.45, 7) is 2.08. The van der Waals surface area contributed by atoms with Crippen molar-refractivity contribution in [1.29, 1.82) is 0 Å². The molecule has 0 unspecified atom stereocenters. The minimum Gasteiger partial charge on any atom is -0.461 e. The van der Waals surface area contributed by atoms with Crippen molar-refractivity contribution in [2.45, 2.75) is 12.8 Å². The van der Waals surface area contributed by atoms with E-state index in [9.17, 15) is 4.79 Å². The van der Waals surface area contributed by atoms with Crippen molar-refractivity contribution in [2.75, 3.05) is 23.3 Å². The number of rotatable bonds is 5. The summed E-state index contributed by atoms with van der Waals surface area (Å²) < 4.78 is 10.4. The monoisotopic (exact) mass is 401 g/mol. The lowest BCUT2D eigenvalue weighted by Crippen LogP contribution is -2.19. The number of anilines is 2. The third-order valence-electron chi connectivity index (χ3n) is 5.03. The third-order valence-corrected chi connectivity index (χ3v) is 5.03. The molecule has 1 aromatic carbocycles. The molecular weight excluding hydrogens is 382 g/mol. The second-order valence-electron chi connectivity index (χ2n) is 7.06. The van der Waals surface area contributed by atoms with Crippen molar-refractivity contribution < 1.29 is 13.7 Å². The number of carbonyl (C=O) groups excluding carboxylic acids is 1. The predicted octanol–water partition coefficient (Wildman–Crippen LogP) is 4.24. The maximum Gasteiger partial charge on any atom is 0.277 e. The van der Waals surface area contributed by atoms with Crippen LogP contribution in [0, 0.1) is 0 Å². The maximum absolute atomic E-state index is 12.4. The average Bonchev–Trinajstić information content (AvgIpc) is 3.57. The molecule has 1 saturated heterocycles. The van der Waals surface area contributed by atoms with Gasteiger partial charge in [-0.2, -0.15) is 0 Å². The predicted molar refractivity (Wildman–Crippen MR) is 111 cm³/mol. The van der Waals surface area contributed by atoms with Crippen LogP contribution in [0.1, 0.15) is 23.3 Å². The zero-order chi connectivity index (χ0) is 20.3. The highest BCUT2D eigenvalue weighted by Gasteiger charge is 2.16. The zero-order valence-electron chi connectivity index (χ0n) is 16.1. The van der Waals surface area contributed by atoms with Gasteiger partial charge in [0.1, 0.15) is 0 Å². The molecule has 1 N–H and O–H groups in total. The molecule has 5 rings (SSSR count). The van der Waals surface area contributed by atoms with E-state index in [0.29, 0.717) is 17.2 Å². The summed E-state index contributed by atoms with van der Waals surface area (Å²) in [4.78, 5) is 14.7. The van der Waals surface area contributed by atoms with Crippen LogP contribution in [0.25, 0.3) is 22.8 Å². The smallest absolute Gasteiger partial charge is 0.277 e. The van der Waals surface area contributed by atoms with E-state index in [4.69, 9.17) is 8.94 Å². The second-order valence-corrected chi connectivity index (χ2v) is 7.06. The first-order valence-corrected chi connectivity index (χ1v) is 9.77. The van der Waals surface area contributed by atoms with Gasteiger partial charge in [0.2, 0.25) is 5.76 Å². The van der Waals surface area contributed by atoms with Gasteiger partial charge in [0, 0.05) is 30.4 Å². The molecule has 0 saturated carbocycles. The van der Waals surface area contributed by atoms with Gasteiger partial charge in [0.15, 0.2) is 17.3 Å². The van der Waals surface area contributed by atoms with Crippen molar-refractivity contribution in [1.82, 2.24) is 15.4 Å². The second kappa shape index (κ2) is 7.82. The average molecular weight is 401 g/mol. The highest BCUT2D eigenvalue weighted by Crippen LogP contribution is 2.24. The van der Waals surface area contributed by atoms with E-state index in [2.05, 4.69) is 25.6 Å². The summed E-state index contributed by atoms with van der Waals surface area (Å²) in [5.74, 6) is 1.47. The van der Waals surface area contributed by atoms with Crippen LogP contribution in [0.5, 0.6) is 0 Å². The Morgan fingerprint density at radius 2 is 1.80 bits per heavy atom. The Bertz CT molecular complexity index is 1130. The van der Waals surface area contributed by atoms with Crippen molar-refractivity contribution in [2.24, 2.45) is 0 Å². The fourth-order valence-electron chi connectivity index (χ4n) is 3.43. The Kier molecular flexibility index (Phi) is 4.72. The summed E-state index contributed by atoms with van der Waals surface area (Å²) in [6.07, 6.45) is 3.94. The lowest BCUT2D eigenvalue weighted by atomic mass is 10.1. The minimum atomic E-state index is -0.362. The van der Waals surface area contributed by atoms with Crippen molar-refractivity contribution in [3.8, 4) is 22.8 Å². The van der Waals surface area contributed by atoms with E-state index in [1.807, 2.05) is 36.4 Å². The Balaban J connectivity index is 1.25. The van der Waals surface area contributed by atoms with E-state index in [1.54, 1.807) is 18.2 Å². The molecule has 8 heteroatoms. The molecule has 3 aromatic heterocycles. The molecule has 4 heterocycles. The molecule has 1 fully saturated rings. The molecule has 150 valence electrons. The molecule has 0 bridgehead atoms. The van der Waals surface area contributed by atoms with Gasteiger partial charge in [0.05, 0.1) is 12.0 Å². The molecule has 0 spiro atoms. The van der Waals surface area contributed by atoms with Gasteiger partial charge in [-0.3, -0.25) is 4.79 Å². The van der Waals surface area contributed by atoms with Gasteiger partial charge in [-0.05, 0) is 49.2 Å². The largest absolute Gasteiger partial charge is 0.461 e. The van der Waals surface area contributed by atoms with Crippen molar-refractivity contribution in [3.63, 3.8) is 0 Å². The fraction of sp³-hybridized carbons (Fsp3) is 0.182. The minimum absolute atomic E-state index is 0.175. The van der Waals surface area contributed by atoms with Crippen LogP contribution in [0.2, 0.25) is 0 Å². The van der Waals surface area contributed by atoms with Crippen LogP contribution in [-0.4, -0.2) is 34.4 Å². The number of furan rings is 1. The summed E-state index contributed by atoms with van der Waals surface area (Å²) in [7, 11) is 0. The molecule has 30 heavy (non-hydrogen) atoms. The van der Waals surface area contributed by atoms with Gasteiger partial charge in [-0.15, -0.1) is 10.2 Å². The summed E-state index contributed by atoms with van der Waals surface area (Å²) in [5.41, 5.74) is 2.53. The van der Waals surface area contributed by atoms with E-state index in [0.717, 1.165) is 30.2 Å². The molecule has 1 amide bonds. The molecule has 1 aliphatic heterocycles. The summed E-state index contributed by atoms with van der Waals surface area (Å²) in [5, 5.41) is 15.3. The number of nitrogens with one attached hydrogen (secondary N) is 1. The van der Waals surface area contributed by atoms with Gasteiger partial charge in [-0.1, -0.05) is 17.3 Å². The Morgan fingerprint density at radius 3 is 2.50 bits per heavy atom. The number of hydrogen-bond acceptors (Lipinski definition) is 7. The van der Waals surface area contributed by atoms with Crippen LogP contribution in [0.3, 0.4) is 0 Å². The Morgan fingerprint density at radius 1 is 0.967 bits per heavy atom. The van der Waals surface area contributed by atoms with E-state index >= 15 is 0 Å². The quantitative estimate of drug-likeness (QED) is 0.534. The number of amides is 1. The van der Waals surface area contributed by atoms with Crippen LogP contribution >= 0.6 is 0 Å². The lowest BCUT2D eigenvalue weighted by molar-refractivity contribution is 0.101. The van der Waals surface area contributed by atoms with E-state index in [-0.39, 0.29) is 11.6 Å². The standard InChI is InChI=1S/C22H19N5O3/c28-22(18-14-20(30-26-18)19-4-3-13-29-19)23-16-7-5-15(6-8-16)17-9-10-21(25-24-17)27-11-1-2-12-27/h3-10,13-14H,1-2,11-12H2,(H,23,28). The number of benzene rings is 1. The molecule has 4 aromatic rings. The Labute approximate surface area is 172 Å². The van der Waals surface area contributed by atoms with Crippen molar-refractivity contribution in [3.05, 3.63) is 66.6 Å². The molecule has 8 nitrogen and oxygen atoms in total. The first kappa shape index (κ1) is 18.1. The van der Waals surface area contributed by atoms with Gasteiger partial charge in [0.25, 0.3) is 5.91 Å². The third kappa shape index (κ3) is 3.67. The normalized spacial score (nSPS) is 13.5. The molecule has 1 aliphatic rings. The fourth-order valence-corrected chi connectivity index (χ4v) is 3.43. The maximum atomic E-state index is 12.4. The number of aromatic nitrogens is 3. The molecule has 0 aliphatic carbocycles. The van der Waals surface area contributed by atoms with E-state index in [1.165, 1.54) is 19.1 Å². The van der Waals surface area contributed by atoms with Gasteiger partial charge in [-0.25, -0.2) is 0 Å². The van der Waals surface area contributed by atoms with Crippen LogP contribution in [-0.2, 0) is 0 Å². The molecule has 0 atom stereocenters. The van der Waals surface area contributed by atoms with Crippen LogP contribution in [0.4, 0.5) is 11.5 Å². The SMILES string of the molecule is O=C(Nc1ccc(-c2ccc(N3CCCC3)nn2)cc1)c1cc(-c2ccco2)on1. The topological polar surface area (TPSA) is 97.3 Å². The summed E-state index contributed by atoms with van der Waals surface area (Å²) >= 11 is 0. The highest BCUT2D eigenvalue weighted by atomic mass is 16.5. The first-order valence-electron chi connectivity index (χ1n) is 9.77. The van der Waals surface area contributed by atoms with Gasteiger partial charge >= 0.3 is 0 Å². The van der Waals surface area contributed by atoms with E-state index < -0.39 is 0 Å². The summed E-state index contributed by atoms with van der Waals surface area (Å²) in [6, 6.07) is 16.4. The number of hydrogen-bond donors (Lipinski definition) is 1. The van der Waals surface area contributed by atoms with Crippen LogP contribution in [0.15, 0.2) is 69.8 Å². The first-order chi connectivity index (χ1) is 14.8. The zero-order valence-corrected chi connectivity index (χ0v) is 16.1. The highest BCUT2D eigenvalue weighted by molar-refractivity contribution is 6.03. The number of nitrogens with zero attached hydrogens (tertiary/aromatic N) is 4. The van der Waals surface area contributed by atoms with Crippen LogP contribution < -0.4 is 10.2 Å². The number of carbonyl (C=O) groups is 1. The molecule has 0 radical (unpaired) electrons. The molecular formula is C22H19N5O3.